The van der Waals surface area contributed by atoms with Gasteiger partial charge < -0.3 is 55.7 Å². The molecule has 18 rings (SSSR count). The number of nitrogens with one attached hydrogen (secondary N) is 8. The van der Waals surface area contributed by atoms with E-state index in [0.29, 0.717) is 42.3 Å². The molecule has 19 nitrogen and oxygen atoms in total. The molecule has 596 valence electrons. The van der Waals surface area contributed by atoms with E-state index in [4.69, 9.17) is 24.7 Å². The number of H-pyrrole nitrogens is 4. The molecule has 6 aromatic carbocycles. The summed E-state index contributed by atoms with van der Waals surface area (Å²) in [7, 11) is 1.32. The topological polar surface area (TPSA) is 247 Å². The minimum absolute atomic E-state index is 0.0576. The molecule has 4 aliphatic carbocycles. The number of amides is 4. The Morgan fingerprint density at radius 2 is 0.826 bits per heavy atom. The molecule has 8 heterocycles. The van der Waals surface area contributed by atoms with E-state index in [2.05, 4.69) is 183 Å². The predicted molar refractivity (Wildman–Crippen MR) is 452 cm³/mol. The molecule has 10 aromatic rings. The fraction of sp³-hybridized carbons (Fsp3) is 0.458. The van der Waals surface area contributed by atoms with Crippen LogP contribution < -0.4 is 21.3 Å². The van der Waals surface area contributed by atoms with Crippen molar-refractivity contribution in [2.45, 2.75) is 194 Å². The SMILES string of the molecule is COC(=O)NC(C(=O)N1CC(C)CC1c1ncc(-c2ccc(-c3ccc(-c4ccc(-c5cnc(C6CC(C)CN6C(=O)C(NC(C)=O)C(C)C)[nH]5)cc4)c4c3CC3(CCC(CC5CNC(c6ncc(-c7ccc(-c8ccc(-c9ccc(-c%10cnc(C%11CC(C)CN%11)[nH]%10)cc9)c9c8CC8(CCCC8)C9)cc7)[nH]6)C5)C3)C4)cc2)[nH]1)C(C)C. The van der Waals surface area contributed by atoms with E-state index in [1.54, 1.807) is 11.1 Å². The molecule has 8 N–H and O–H groups in total. The second-order valence-electron chi connectivity index (χ2n) is 36.9. The third-order valence-corrected chi connectivity index (χ3v) is 27.7. The standard InChI is InChI=1S/C96H112N14O5/c1-54(2)86(103-59(8)111)92(112)109-52-57(6)37-84(109)90-101-50-82(106-90)68-24-16-64(17-25-68)72-30-31-73(65-18-26-69(27-19-65)83-51-102-91(107-83)85-38-58(7)53-110(85)93(113)87(55(3)4)108-94(114)115-9)77-45-96(44-76(72)77)35-32-60(41-96)39-61-40-79(98-47-61)89-100-49-81(105-89)67-22-14-63(15-23-67)71-29-28-70(74-42-95(43-75(71)74)33-10-11-34-95)62-12-20-66(21-13-62)80-48-99-88(104-80)78-36-56(5)46-97-78/h12-31,48-51,54-58,60-61,78-79,84-87,97-98H,10-11,32-47,52-53H2,1-9H3,(H,99,104)(H,100,105)(H,101,106)(H,102,107)(H,103,111)(H,108,114). The highest BCUT2D eigenvalue weighted by molar-refractivity contribution is 5.89. The summed E-state index contributed by atoms with van der Waals surface area (Å²) >= 11 is 0. The van der Waals surface area contributed by atoms with E-state index >= 15 is 0 Å². The number of hydrogen-bond donors (Lipinski definition) is 8. The Balaban J connectivity index is 0.560. The van der Waals surface area contributed by atoms with Gasteiger partial charge in [-0.15, -0.1) is 0 Å². The molecule has 0 bridgehead atoms. The number of alkyl carbamates (subject to hydrolysis) is 1. The van der Waals surface area contributed by atoms with Crippen LogP contribution in [0.1, 0.15) is 202 Å². The van der Waals surface area contributed by atoms with Crippen molar-refractivity contribution < 1.29 is 23.9 Å². The lowest BCUT2D eigenvalue weighted by Gasteiger charge is -2.30. The summed E-state index contributed by atoms with van der Waals surface area (Å²) < 4.78 is 4.91. The second-order valence-corrected chi connectivity index (χ2v) is 36.9. The van der Waals surface area contributed by atoms with Gasteiger partial charge in [-0.2, -0.15) is 0 Å². The quantitative estimate of drug-likeness (QED) is 0.0356. The van der Waals surface area contributed by atoms with Crippen LogP contribution in [0, 0.1) is 52.3 Å². The molecule has 12 unspecified atom stereocenters. The molecule has 6 fully saturated rings. The summed E-state index contributed by atoms with van der Waals surface area (Å²) in [5, 5.41) is 13.3. The van der Waals surface area contributed by atoms with Gasteiger partial charge in [-0.05, 0) is 244 Å². The van der Waals surface area contributed by atoms with Crippen LogP contribution >= 0.6 is 0 Å². The summed E-state index contributed by atoms with van der Waals surface area (Å²) in [5.74, 6) is 5.36. The van der Waals surface area contributed by atoms with Gasteiger partial charge in [0.1, 0.15) is 35.4 Å². The number of ether oxygens (including phenoxy) is 1. The van der Waals surface area contributed by atoms with E-state index < -0.39 is 18.2 Å². The maximum Gasteiger partial charge on any atom is 0.407 e. The highest BCUT2D eigenvalue weighted by atomic mass is 16.5. The van der Waals surface area contributed by atoms with E-state index in [0.717, 1.165) is 127 Å². The van der Waals surface area contributed by atoms with E-state index in [-0.39, 0.29) is 64.9 Å². The van der Waals surface area contributed by atoms with Crippen LogP contribution in [-0.4, -0.2) is 119 Å². The van der Waals surface area contributed by atoms with Crippen molar-refractivity contribution in [1.82, 2.24) is 70.9 Å². The zero-order valence-electron chi connectivity index (χ0n) is 68.2. The Bertz CT molecular complexity index is 5260. The zero-order chi connectivity index (χ0) is 79.1. The molecule has 2 spiro atoms. The number of nitrogens with zero attached hydrogens (tertiary/aromatic N) is 6. The number of hydrogen-bond acceptors (Lipinski definition) is 11. The summed E-state index contributed by atoms with van der Waals surface area (Å²) in [6.45, 7) is 19.1. The second kappa shape index (κ2) is 31.1. The van der Waals surface area contributed by atoms with Crippen LogP contribution in [0.25, 0.3) is 89.5 Å². The first-order valence-corrected chi connectivity index (χ1v) is 42.8. The first kappa shape index (κ1) is 76.1. The van der Waals surface area contributed by atoms with Gasteiger partial charge >= 0.3 is 6.09 Å². The summed E-state index contributed by atoms with van der Waals surface area (Å²) in [4.78, 5) is 91.1. The Labute approximate surface area is 676 Å². The first-order valence-electron chi connectivity index (χ1n) is 42.8. The van der Waals surface area contributed by atoms with Gasteiger partial charge in [-0.3, -0.25) is 14.4 Å². The number of benzene rings is 6. The fourth-order valence-electron chi connectivity index (χ4n) is 21.8. The van der Waals surface area contributed by atoms with Crippen molar-refractivity contribution in [3.8, 4) is 89.5 Å². The maximum absolute atomic E-state index is 14.2. The molecule has 4 amide bonds. The number of imidazole rings is 4. The lowest BCUT2D eigenvalue weighted by molar-refractivity contribution is -0.138. The highest BCUT2D eigenvalue weighted by Gasteiger charge is 2.48. The number of carbonyl (C=O) groups excluding carboxylic acids is 4. The van der Waals surface area contributed by atoms with Gasteiger partial charge in [0.05, 0.1) is 78.8 Å². The van der Waals surface area contributed by atoms with Crippen LogP contribution in [0.3, 0.4) is 0 Å². The Morgan fingerprint density at radius 3 is 1.22 bits per heavy atom. The number of methoxy groups -OCH3 is 1. The van der Waals surface area contributed by atoms with Crippen LogP contribution in [0.5, 0.6) is 0 Å². The van der Waals surface area contributed by atoms with Crippen molar-refractivity contribution >= 4 is 23.8 Å². The van der Waals surface area contributed by atoms with E-state index in [1.807, 2.05) is 62.3 Å². The molecule has 8 aliphatic rings. The number of aromatic nitrogens is 8. The average molecular weight is 1540 g/mol. The van der Waals surface area contributed by atoms with E-state index in [1.165, 1.54) is 127 Å². The molecule has 4 aromatic heterocycles. The number of rotatable bonds is 20. The van der Waals surface area contributed by atoms with Crippen molar-refractivity contribution in [3.63, 3.8) is 0 Å². The zero-order valence-corrected chi connectivity index (χ0v) is 68.2. The van der Waals surface area contributed by atoms with Crippen LogP contribution in [-0.2, 0) is 44.8 Å². The van der Waals surface area contributed by atoms with Crippen LogP contribution in [0.15, 0.2) is 146 Å². The van der Waals surface area contributed by atoms with Gasteiger partial charge in [-0.1, -0.05) is 183 Å². The average Bonchev–Trinajstić information content (AvgIpc) is 1.59. The minimum Gasteiger partial charge on any atom is -0.453 e. The summed E-state index contributed by atoms with van der Waals surface area (Å²) in [6.07, 6.45) is 25.4. The largest absolute Gasteiger partial charge is 0.453 e. The molecule has 0 radical (unpaired) electrons. The fourth-order valence-corrected chi connectivity index (χ4v) is 21.8. The number of fused-ring (bicyclic) bond motifs is 2. The van der Waals surface area contributed by atoms with Crippen molar-refractivity contribution in [2.75, 3.05) is 33.3 Å². The third kappa shape index (κ3) is 15.0. The molecule has 115 heavy (non-hydrogen) atoms. The molecule has 12 atom stereocenters. The molecule has 19 heteroatoms. The number of likely N-dealkylation sites (tertiary alicyclic amines) is 2. The molecule has 4 aliphatic heterocycles. The highest BCUT2D eigenvalue weighted by Crippen LogP contribution is 2.57. The molecule has 4 saturated heterocycles. The smallest absolute Gasteiger partial charge is 0.407 e. The molecule has 2 saturated carbocycles. The van der Waals surface area contributed by atoms with Gasteiger partial charge in [-0.25, -0.2) is 24.7 Å². The Kier molecular flexibility index (Phi) is 20.6. The molecular formula is C96H112N14O5. The van der Waals surface area contributed by atoms with Crippen molar-refractivity contribution in [2.24, 2.45) is 52.3 Å². The van der Waals surface area contributed by atoms with Crippen LogP contribution in [0.2, 0.25) is 0 Å². The Hall–Kier alpha value is -10.2. The minimum atomic E-state index is -0.721. The van der Waals surface area contributed by atoms with Gasteiger partial charge in [0, 0.05) is 20.0 Å². The number of aromatic amines is 4. The molecular weight excluding hydrogens is 1430 g/mol. The third-order valence-electron chi connectivity index (χ3n) is 27.7. The number of carbonyl (C=O) groups is 4. The summed E-state index contributed by atoms with van der Waals surface area (Å²) in [6, 6.07) is 44.5. The van der Waals surface area contributed by atoms with Gasteiger partial charge in [0.2, 0.25) is 17.7 Å². The Morgan fingerprint density at radius 1 is 0.452 bits per heavy atom. The summed E-state index contributed by atoms with van der Waals surface area (Å²) in [5.41, 5.74) is 25.1. The van der Waals surface area contributed by atoms with Gasteiger partial charge in [0.25, 0.3) is 0 Å². The van der Waals surface area contributed by atoms with Crippen molar-refractivity contribution in [1.29, 1.82) is 0 Å². The lowest BCUT2D eigenvalue weighted by Crippen LogP contribution is -2.51. The maximum atomic E-state index is 14.2. The first-order chi connectivity index (χ1) is 55.7. The van der Waals surface area contributed by atoms with Gasteiger partial charge in [0.15, 0.2) is 0 Å². The van der Waals surface area contributed by atoms with Crippen molar-refractivity contribution in [3.05, 3.63) is 192 Å². The predicted octanol–water partition coefficient (Wildman–Crippen LogP) is 18.2. The van der Waals surface area contributed by atoms with Crippen LogP contribution in [0.4, 0.5) is 4.79 Å². The lowest BCUT2D eigenvalue weighted by atomic mass is 9.80. The normalized spacial score (nSPS) is 24.6. The van der Waals surface area contributed by atoms with E-state index in [9.17, 15) is 19.2 Å². The monoisotopic (exact) mass is 1540 g/mol.